The third-order valence-electron chi connectivity index (χ3n) is 2.38. The third-order valence-corrected chi connectivity index (χ3v) is 2.93. The van der Waals surface area contributed by atoms with Crippen LogP contribution in [0.5, 0.6) is 5.75 Å². The first-order chi connectivity index (χ1) is 8.70. The Morgan fingerprint density at radius 2 is 2.17 bits per heavy atom. The number of nitrogens with two attached hydrogens (primary N) is 1. The van der Waals surface area contributed by atoms with Crippen molar-refractivity contribution in [1.29, 1.82) is 0 Å². The Morgan fingerprint density at radius 1 is 1.33 bits per heavy atom. The second-order valence-corrected chi connectivity index (χ2v) is 4.53. The lowest BCUT2D eigenvalue weighted by Gasteiger charge is -2.17. The molecule has 1 aromatic heterocycles. The minimum atomic E-state index is -0.301. The third kappa shape index (κ3) is 3.16. The van der Waals surface area contributed by atoms with E-state index in [0.717, 1.165) is 0 Å². The van der Waals surface area contributed by atoms with Crippen LogP contribution in [0, 0.1) is 0 Å². The molecule has 2 rings (SSSR count). The molecule has 1 aromatic carbocycles. The predicted octanol–water partition coefficient (Wildman–Crippen LogP) is 3.45. The van der Waals surface area contributed by atoms with Crippen molar-refractivity contribution in [3.8, 4) is 5.75 Å². The summed E-state index contributed by atoms with van der Waals surface area (Å²) in [6.45, 7) is 0.468. The Bertz CT molecular complexity index is 503. The smallest absolute Gasteiger partial charge is 0.145 e. The molecule has 2 aromatic rings. The molecule has 4 nitrogen and oxygen atoms in total. The van der Waals surface area contributed by atoms with Gasteiger partial charge in [0.1, 0.15) is 23.8 Å². The summed E-state index contributed by atoms with van der Waals surface area (Å²) < 4.78 is 10.6. The van der Waals surface area contributed by atoms with E-state index >= 15 is 0 Å². The lowest BCUT2D eigenvalue weighted by molar-refractivity contribution is 0.187. The van der Waals surface area contributed by atoms with Gasteiger partial charge in [-0.1, -0.05) is 28.4 Å². The SMILES string of the molecule is NCC[C@@H](Oc1cc(Cl)ccc1Cl)c1ccon1. The van der Waals surface area contributed by atoms with Crippen LogP contribution < -0.4 is 10.5 Å². The van der Waals surface area contributed by atoms with Gasteiger partial charge in [-0.25, -0.2) is 0 Å². The summed E-state index contributed by atoms with van der Waals surface area (Å²) in [7, 11) is 0. The van der Waals surface area contributed by atoms with Crippen molar-refractivity contribution in [1.82, 2.24) is 5.16 Å². The number of aromatic nitrogens is 1. The Kier molecular flexibility index (Phi) is 4.47. The molecule has 96 valence electrons. The van der Waals surface area contributed by atoms with Crippen LogP contribution in [0.25, 0.3) is 0 Å². The van der Waals surface area contributed by atoms with Gasteiger partial charge in [-0.15, -0.1) is 0 Å². The number of rotatable bonds is 5. The molecule has 0 radical (unpaired) electrons. The Labute approximate surface area is 115 Å². The molecule has 1 heterocycles. The highest BCUT2D eigenvalue weighted by Gasteiger charge is 2.17. The molecule has 0 saturated heterocycles. The molecular weight excluding hydrogens is 275 g/mol. The minimum Gasteiger partial charge on any atom is -0.482 e. The molecule has 0 aliphatic carbocycles. The molecule has 0 aliphatic rings. The Hall–Kier alpha value is -1.23. The van der Waals surface area contributed by atoms with Crippen LogP contribution in [0.15, 0.2) is 35.1 Å². The van der Waals surface area contributed by atoms with E-state index < -0.39 is 0 Å². The monoisotopic (exact) mass is 286 g/mol. The predicted molar refractivity (Wildman–Crippen MR) is 70.0 cm³/mol. The lowest BCUT2D eigenvalue weighted by atomic mass is 10.2. The summed E-state index contributed by atoms with van der Waals surface area (Å²) in [5.41, 5.74) is 6.24. The largest absolute Gasteiger partial charge is 0.482 e. The first-order valence-corrected chi connectivity index (χ1v) is 6.18. The second-order valence-electron chi connectivity index (χ2n) is 3.68. The molecule has 0 saturated carbocycles. The number of benzene rings is 1. The van der Waals surface area contributed by atoms with Gasteiger partial charge in [-0.05, 0) is 18.7 Å². The van der Waals surface area contributed by atoms with Crippen LogP contribution in [0.2, 0.25) is 10.0 Å². The van der Waals surface area contributed by atoms with Crippen molar-refractivity contribution in [2.75, 3.05) is 6.54 Å². The zero-order valence-electron chi connectivity index (χ0n) is 9.48. The number of hydrogen-bond donors (Lipinski definition) is 1. The quantitative estimate of drug-likeness (QED) is 0.914. The molecule has 6 heteroatoms. The lowest BCUT2D eigenvalue weighted by Crippen LogP contribution is -2.13. The van der Waals surface area contributed by atoms with E-state index in [1.165, 1.54) is 6.26 Å². The van der Waals surface area contributed by atoms with E-state index in [1.807, 2.05) is 0 Å². The van der Waals surface area contributed by atoms with E-state index in [-0.39, 0.29) is 6.10 Å². The normalized spacial score (nSPS) is 12.4. The van der Waals surface area contributed by atoms with Crippen LogP contribution in [0.3, 0.4) is 0 Å². The van der Waals surface area contributed by atoms with Crippen molar-refractivity contribution < 1.29 is 9.26 Å². The van der Waals surface area contributed by atoms with Crippen molar-refractivity contribution in [3.05, 3.63) is 46.3 Å². The first kappa shape index (κ1) is 13.2. The maximum absolute atomic E-state index is 6.04. The zero-order valence-corrected chi connectivity index (χ0v) is 11.0. The van der Waals surface area contributed by atoms with E-state index in [0.29, 0.717) is 34.5 Å². The molecule has 0 aliphatic heterocycles. The van der Waals surface area contributed by atoms with Crippen LogP contribution >= 0.6 is 23.2 Å². The highest BCUT2D eigenvalue weighted by molar-refractivity contribution is 6.34. The average molecular weight is 287 g/mol. The van der Waals surface area contributed by atoms with E-state index in [9.17, 15) is 0 Å². The summed E-state index contributed by atoms with van der Waals surface area (Å²) >= 11 is 11.9. The molecule has 0 fully saturated rings. The zero-order chi connectivity index (χ0) is 13.0. The summed E-state index contributed by atoms with van der Waals surface area (Å²) in [5, 5.41) is 4.90. The molecule has 1 atom stereocenters. The standard InChI is InChI=1S/C12H12Cl2N2O2/c13-8-1-2-9(14)12(7-8)18-11(3-5-15)10-4-6-17-16-10/h1-2,4,6-7,11H,3,5,15H2/t11-/m1/s1. The van der Waals surface area contributed by atoms with Gasteiger partial charge in [0.05, 0.1) is 5.02 Å². The topological polar surface area (TPSA) is 61.3 Å². The van der Waals surface area contributed by atoms with Gasteiger partial charge in [-0.3, -0.25) is 0 Å². The number of ether oxygens (including phenoxy) is 1. The molecule has 0 bridgehead atoms. The van der Waals surface area contributed by atoms with Gasteiger partial charge in [0.25, 0.3) is 0 Å². The Balaban J connectivity index is 2.21. The fraction of sp³-hybridized carbons (Fsp3) is 0.250. The van der Waals surface area contributed by atoms with Gasteiger partial charge in [0, 0.05) is 23.6 Å². The fourth-order valence-corrected chi connectivity index (χ4v) is 1.85. The van der Waals surface area contributed by atoms with Crippen molar-refractivity contribution in [2.45, 2.75) is 12.5 Å². The summed E-state index contributed by atoms with van der Waals surface area (Å²) in [4.78, 5) is 0. The Morgan fingerprint density at radius 3 is 2.83 bits per heavy atom. The van der Waals surface area contributed by atoms with Gasteiger partial charge in [0.15, 0.2) is 0 Å². The van der Waals surface area contributed by atoms with E-state index in [1.54, 1.807) is 24.3 Å². The summed E-state index contributed by atoms with van der Waals surface area (Å²) in [6.07, 6.45) is 1.79. The van der Waals surface area contributed by atoms with Crippen LogP contribution in [-0.4, -0.2) is 11.7 Å². The second kappa shape index (κ2) is 6.09. The highest BCUT2D eigenvalue weighted by atomic mass is 35.5. The average Bonchev–Trinajstić information content (AvgIpc) is 2.87. The van der Waals surface area contributed by atoms with Gasteiger partial charge < -0.3 is 15.0 Å². The molecule has 0 spiro atoms. The van der Waals surface area contributed by atoms with Crippen LogP contribution in [0.1, 0.15) is 18.2 Å². The summed E-state index contributed by atoms with van der Waals surface area (Å²) in [6, 6.07) is 6.78. The van der Waals surface area contributed by atoms with Crippen molar-refractivity contribution >= 4 is 23.2 Å². The van der Waals surface area contributed by atoms with Crippen molar-refractivity contribution in [2.24, 2.45) is 5.73 Å². The minimum absolute atomic E-state index is 0.301. The number of hydrogen-bond acceptors (Lipinski definition) is 4. The maximum Gasteiger partial charge on any atom is 0.145 e. The van der Waals surface area contributed by atoms with Gasteiger partial charge in [0.2, 0.25) is 0 Å². The molecule has 0 unspecified atom stereocenters. The van der Waals surface area contributed by atoms with Crippen molar-refractivity contribution in [3.63, 3.8) is 0 Å². The van der Waals surface area contributed by atoms with Crippen LogP contribution in [-0.2, 0) is 0 Å². The number of halogens is 2. The molecule has 2 N–H and O–H groups in total. The van der Waals surface area contributed by atoms with Crippen LogP contribution in [0.4, 0.5) is 0 Å². The number of nitrogens with zero attached hydrogens (tertiary/aromatic N) is 1. The van der Waals surface area contributed by atoms with E-state index in [2.05, 4.69) is 5.16 Å². The summed E-state index contributed by atoms with van der Waals surface area (Å²) in [5.74, 6) is 0.505. The van der Waals surface area contributed by atoms with E-state index in [4.69, 9.17) is 38.2 Å². The van der Waals surface area contributed by atoms with Gasteiger partial charge in [-0.2, -0.15) is 0 Å². The molecule has 18 heavy (non-hydrogen) atoms. The molecule has 0 amide bonds. The maximum atomic E-state index is 6.04. The first-order valence-electron chi connectivity index (χ1n) is 5.42. The fourth-order valence-electron chi connectivity index (χ4n) is 1.53. The molecular formula is C12H12Cl2N2O2. The highest BCUT2D eigenvalue weighted by Crippen LogP contribution is 2.32. The van der Waals surface area contributed by atoms with Gasteiger partial charge >= 0.3 is 0 Å².